The Morgan fingerprint density at radius 1 is 1.20 bits per heavy atom. The summed E-state index contributed by atoms with van der Waals surface area (Å²) in [6, 6.07) is 0. The Balaban J connectivity index is 2.00. The summed E-state index contributed by atoms with van der Waals surface area (Å²) in [5.41, 5.74) is -0.601. The van der Waals surface area contributed by atoms with E-state index in [0.717, 1.165) is 38.5 Å². The van der Waals surface area contributed by atoms with Gasteiger partial charge in [-0.05, 0) is 70.6 Å². The van der Waals surface area contributed by atoms with Gasteiger partial charge in [0.1, 0.15) is 0 Å². The largest absolute Gasteiger partial charge is 0.481 e. The third-order valence-corrected chi connectivity index (χ3v) is 5.56. The molecule has 0 aromatic rings. The molecule has 0 aromatic carbocycles. The van der Waals surface area contributed by atoms with E-state index in [9.17, 15) is 9.90 Å². The molecule has 1 saturated carbocycles. The number of carbonyl (C=O) groups is 1. The lowest BCUT2D eigenvalue weighted by molar-refractivity contribution is -0.156. The van der Waals surface area contributed by atoms with Crippen LogP contribution in [0.4, 0.5) is 0 Å². The Morgan fingerprint density at radius 2 is 1.80 bits per heavy atom. The molecule has 20 heavy (non-hydrogen) atoms. The standard InChI is InChI=1S/C17H30O3/c1-12(2)13-5-9-17(10-6-13,15(18)19)11-14-7-8-16(3,4)20-14/h12-14H,5-11H2,1-4H3,(H,18,19). The molecule has 0 bridgehead atoms. The van der Waals surface area contributed by atoms with Crippen molar-refractivity contribution in [2.45, 2.75) is 84.3 Å². The number of hydrogen-bond donors (Lipinski definition) is 1. The average molecular weight is 282 g/mol. The number of hydrogen-bond acceptors (Lipinski definition) is 2. The van der Waals surface area contributed by atoms with Gasteiger partial charge < -0.3 is 9.84 Å². The maximum absolute atomic E-state index is 11.8. The third kappa shape index (κ3) is 3.36. The van der Waals surface area contributed by atoms with Gasteiger partial charge in [0, 0.05) is 0 Å². The van der Waals surface area contributed by atoms with Gasteiger partial charge in [0.25, 0.3) is 0 Å². The topological polar surface area (TPSA) is 46.5 Å². The van der Waals surface area contributed by atoms with Crippen LogP contribution in [0.3, 0.4) is 0 Å². The van der Waals surface area contributed by atoms with E-state index in [1.165, 1.54) is 0 Å². The van der Waals surface area contributed by atoms with Crippen LogP contribution in [0.15, 0.2) is 0 Å². The molecule has 116 valence electrons. The fourth-order valence-electron chi connectivity index (χ4n) is 4.02. The number of carboxylic acids is 1. The summed E-state index contributed by atoms with van der Waals surface area (Å²) in [6.45, 7) is 8.72. The molecular formula is C17H30O3. The maximum atomic E-state index is 11.8. The van der Waals surface area contributed by atoms with Crippen molar-refractivity contribution in [3.63, 3.8) is 0 Å². The van der Waals surface area contributed by atoms with Crippen LogP contribution in [0, 0.1) is 17.3 Å². The van der Waals surface area contributed by atoms with Gasteiger partial charge in [-0.1, -0.05) is 13.8 Å². The summed E-state index contributed by atoms with van der Waals surface area (Å²) in [5.74, 6) is 0.764. The normalized spacial score (nSPS) is 37.2. The predicted molar refractivity (Wildman–Crippen MR) is 79.7 cm³/mol. The van der Waals surface area contributed by atoms with Gasteiger partial charge in [0.2, 0.25) is 0 Å². The Hall–Kier alpha value is -0.570. The van der Waals surface area contributed by atoms with Gasteiger partial charge in [-0.25, -0.2) is 0 Å². The molecule has 0 amide bonds. The molecule has 3 heteroatoms. The SMILES string of the molecule is CC(C)C1CCC(CC2CCC(C)(C)O2)(C(=O)O)CC1. The van der Waals surface area contributed by atoms with Crippen molar-refractivity contribution in [1.82, 2.24) is 0 Å². The Bertz CT molecular complexity index is 351. The second-order valence-corrected chi connectivity index (χ2v) is 7.91. The molecule has 1 unspecified atom stereocenters. The summed E-state index contributed by atoms with van der Waals surface area (Å²) < 4.78 is 6.04. The Labute approximate surface area is 123 Å². The maximum Gasteiger partial charge on any atom is 0.309 e. The molecule has 2 rings (SSSR count). The van der Waals surface area contributed by atoms with E-state index in [-0.39, 0.29) is 11.7 Å². The van der Waals surface area contributed by atoms with Crippen LogP contribution in [0.2, 0.25) is 0 Å². The van der Waals surface area contributed by atoms with Crippen molar-refractivity contribution in [3.8, 4) is 0 Å². The molecule has 1 aliphatic carbocycles. The minimum Gasteiger partial charge on any atom is -0.481 e. The van der Waals surface area contributed by atoms with E-state index in [2.05, 4.69) is 27.7 Å². The van der Waals surface area contributed by atoms with Gasteiger partial charge in [-0.3, -0.25) is 4.79 Å². The van der Waals surface area contributed by atoms with Crippen molar-refractivity contribution in [3.05, 3.63) is 0 Å². The van der Waals surface area contributed by atoms with E-state index in [1.54, 1.807) is 0 Å². The molecule has 0 aromatic heterocycles. The van der Waals surface area contributed by atoms with E-state index in [1.807, 2.05) is 0 Å². The van der Waals surface area contributed by atoms with Gasteiger partial charge >= 0.3 is 5.97 Å². The fraction of sp³-hybridized carbons (Fsp3) is 0.941. The summed E-state index contributed by atoms with van der Waals surface area (Å²) in [6.07, 6.45) is 6.65. The molecule has 0 radical (unpaired) electrons. The van der Waals surface area contributed by atoms with Crippen LogP contribution in [0.25, 0.3) is 0 Å². The molecule has 3 nitrogen and oxygen atoms in total. The summed E-state index contributed by atoms with van der Waals surface area (Å²) in [5, 5.41) is 9.75. The van der Waals surface area contributed by atoms with Crippen molar-refractivity contribution in [1.29, 1.82) is 0 Å². The first-order valence-corrected chi connectivity index (χ1v) is 8.15. The van der Waals surface area contributed by atoms with Crippen LogP contribution >= 0.6 is 0 Å². The van der Waals surface area contributed by atoms with Crippen molar-refractivity contribution < 1.29 is 14.6 Å². The fourth-order valence-corrected chi connectivity index (χ4v) is 4.02. The molecule has 2 fully saturated rings. The van der Waals surface area contributed by atoms with Crippen molar-refractivity contribution in [2.75, 3.05) is 0 Å². The second-order valence-electron chi connectivity index (χ2n) is 7.91. The molecule has 0 spiro atoms. The van der Waals surface area contributed by atoms with E-state index < -0.39 is 11.4 Å². The summed E-state index contributed by atoms with van der Waals surface area (Å²) >= 11 is 0. The van der Waals surface area contributed by atoms with Crippen LogP contribution in [0.1, 0.15) is 72.6 Å². The molecule has 1 heterocycles. The van der Waals surface area contributed by atoms with E-state index in [0.29, 0.717) is 18.3 Å². The first-order chi connectivity index (χ1) is 9.24. The monoisotopic (exact) mass is 282 g/mol. The van der Waals surface area contributed by atoms with Crippen LogP contribution in [0.5, 0.6) is 0 Å². The third-order valence-electron chi connectivity index (χ3n) is 5.56. The molecule has 2 aliphatic rings. The Kier molecular flexibility index (Phi) is 4.48. The zero-order valence-corrected chi connectivity index (χ0v) is 13.4. The number of ether oxygens (including phenoxy) is 1. The quantitative estimate of drug-likeness (QED) is 0.838. The number of aliphatic carboxylic acids is 1. The molecule has 1 N–H and O–H groups in total. The van der Waals surface area contributed by atoms with Gasteiger partial charge in [-0.2, -0.15) is 0 Å². The van der Waals surface area contributed by atoms with Crippen molar-refractivity contribution in [2.24, 2.45) is 17.3 Å². The second kappa shape index (κ2) is 5.67. The minimum absolute atomic E-state index is 0.0699. The first-order valence-electron chi connectivity index (χ1n) is 8.15. The highest BCUT2D eigenvalue weighted by atomic mass is 16.5. The molecule has 1 saturated heterocycles. The number of carboxylic acid groups (broad SMARTS) is 1. The van der Waals surface area contributed by atoms with Gasteiger partial charge in [0.15, 0.2) is 0 Å². The highest BCUT2D eigenvalue weighted by Crippen LogP contribution is 2.47. The minimum atomic E-state index is -0.604. The summed E-state index contributed by atoms with van der Waals surface area (Å²) in [4.78, 5) is 11.8. The van der Waals surface area contributed by atoms with Crippen LogP contribution in [-0.2, 0) is 9.53 Å². The van der Waals surface area contributed by atoms with Crippen molar-refractivity contribution >= 4 is 5.97 Å². The lowest BCUT2D eigenvalue weighted by Crippen LogP contribution is -2.39. The average Bonchev–Trinajstić information content (AvgIpc) is 2.69. The predicted octanol–water partition coefficient (Wildman–Crippen LogP) is 4.25. The molecule has 1 atom stereocenters. The van der Waals surface area contributed by atoms with Gasteiger partial charge in [0.05, 0.1) is 17.1 Å². The number of rotatable bonds is 4. The molecular weight excluding hydrogens is 252 g/mol. The van der Waals surface area contributed by atoms with Crippen LogP contribution in [-0.4, -0.2) is 22.8 Å². The smallest absolute Gasteiger partial charge is 0.309 e. The highest BCUT2D eigenvalue weighted by Gasteiger charge is 2.46. The zero-order valence-electron chi connectivity index (χ0n) is 13.4. The zero-order chi connectivity index (χ0) is 15.0. The van der Waals surface area contributed by atoms with Gasteiger partial charge in [-0.15, -0.1) is 0 Å². The van der Waals surface area contributed by atoms with E-state index in [4.69, 9.17) is 4.74 Å². The highest BCUT2D eigenvalue weighted by molar-refractivity contribution is 5.74. The Morgan fingerprint density at radius 3 is 2.20 bits per heavy atom. The lowest BCUT2D eigenvalue weighted by atomic mass is 9.65. The lowest BCUT2D eigenvalue weighted by Gasteiger charge is -2.39. The van der Waals surface area contributed by atoms with E-state index >= 15 is 0 Å². The molecule has 1 aliphatic heterocycles. The van der Waals surface area contributed by atoms with Crippen LogP contribution < -0.4 is 0 Å². The first kappa shape index (κ1) is 15.8. The summed E-state index contributed by atoms with van der Waals surface area (Å²) in [7, 11) is 0.